The van der Waals surface area contributed by atoms with Crippen molar-refractivity contribution in [2.75, 3.05) is 32.0 Å². The molecule has 5 heteroatoms. The van der Waals surface area contributed by atoms with Crippen molar-refractivity contribution in [3.05, 3.63) is 29.8 Å². The van der Waals surface area contributed by atoms with Gasteiger partial charge in [0.05, 0.1) is 22.9 Å². The molecule has 0 atom stereocenters. The number of halogens is 1. The average Bonchev–Trinajstić information content (AvgIpc) is 2.91. The van der Waals surface area contributed by atoms with Crippen molar-refractivity contribution in [3.8, 4) is 0 Å². The second-order valence-electron chi connectivity index (χ2n) is 5.92. The van der Waals surface area contributed by atoms with E-state index in [2.05, 4.69) is 58.9 Å². The van der Waals surface area contributed by atoms with Crippen molar-refractivity contribution in [3.63, 3.8) is 0 Å². The molecule has 2 N–H and O–H groups in total. The Bertz CT molecular complexity index is 445. The third kappa shape index (κ3) is 5.12. The topological polar surface area (TPSA) is 44.4 Å². The number of hydrogen-bond acceptors (Lipinski definition) is 3. The predicted molar refractivity (Wildman–Crippen MR) is 103 cm³/mol. The van der Waals surface area contributed by atoms with Gasteiger partial charge in [0.1, 0.15) is 0 Å². The van der Waals surface area contributed by atoms with E-state index in [1.807, 2.05) is 0 Å². The summed E-state index contributed by atoms with van der Waals surface area (Å²) in [4.78, 5) is 11.5. The zero-order valence-electron chi connectivity index (χ0n) is 13.9. The lowest BCUT2D eigenvalue weighted by atomic mass is 9.74. The molecular weight excluding hydrogens is 389 g/mol. The normalized spacial score (nSPS) is 18.0. The molecule has 1 aromatic rings. The van der Waals surface area contributed by atoms with Crippen LogP contribution in [-0.4, -0.2) is 38.0 Å². The number of rotatable bonds is 1. The van der Waals surface area contributed by atoms with Crippen LogP contribution in [0.25, 0.3) is 0 Å². The molecule has 2 aliphatic heterocycles. The molecular formula is C17H28IN3O. The van der Waals surface area contributed by atoms with Crippen LogP contribution in [0.3, 0.4) is 0 Å². The van der Waals surface area contributed by atoms with Crippen molar-refractivity contribution in [2.45, 2.75) is 38.5 Å². The molecule has 1 aromatic carbocycles. The Morgan fingerprint density at radius 1 is 1.32 bits per heavy atom. The SMILES string of the molecule is CCC.CN1CCC2(CC1)CNc1ccccc12.O=CNI. The van der Waals surface area contributed by atoms with Gasteiger partial charge in [0.15, 0.2) is 0 Å². The van der Waals surface area contributed by atoms with E-state index < -0.39 is 0 Å². The first-order chi connectivity index (χ1) is 10.6. The van der Waals surface area contributed by atoms with Crippen LogP contribution in [0, 0.1) is 0 Å². The number of nitrogens with zero attached hydrogens (tertiary/aromatic N) is 1. The maximum absolute atomic E-state index is 9.06. The van der Waals surface area contributed by atoms with Crippen molar-refractivity contribution in [1.82, 2.24) is 8.43 Å². The van der Waals surface area contributed by atoms with Gasteiger partial charge in [-0.2, -0.15) is 0 Å². The Morgan fingerprint density at radius 3 is 2.41 bits per heavy atom. The number of carbonyl (C=O) groups is 1. The van der Waals surface area contributed by atoms with Gasteiger partial charge >= 0.3 is 0 Å². The number of benzene rings is 1. The summed E-state index contributed by atoms with van der Waals surface area (Å²) < 4.78 is 2.22. The van der Waals surface area contributed by atoms with E-state index in [1.54, 1.807) is 28.4 Å². The molecule has 1 fully saturated rings. The van der Waals surface area contributed by atoms with E-state index in [0.29, 0.717) is 11.8 Å². The van der Waals surface area contributed by atoms with Crippen molar-refractivity contribution in [2.24, 2.45) is 0 Å². The average molecular weight is 417 g/mol. The highest BCUT2D eigenvalue weighted by atomic mass is 127. The molecule has 2 aliphatic rings. The fourth-order valence-electron chi connectivity index (χ4n) is 2.95. The molecule has 0 unspecified atom stereocenters. The number of piperidine rings is 1. The molecule has 1 saturated heterocycles. The molecule has 0 radical (unpaired) electrons. The minimum absolute atomic E-state index is 0.434. The first-order valence-electron chi connectivity index (χ1n) is 7.95. The highest BCUT2D eigenvalue weighted by Gasteiger charge is 2.40. The lowest BCUT2D eigenvalue weighted by Gasteiger charge is -2.37. The maximum Gasteiger partial charge on any atom is 0.215 e. The lowest BCUT2D eigenvalue weighted by Crippen LogP contribution is -2.42. The summed E-state index contributed by atoms with van der Waals surface area (Å²) in [5, 5.41) is 3.56. The quantitative estimate of drug-likeness (QED) is 0.417. The first kappa shape index (κ1) is 19.2. The van der Waals surface area contributed by atoms with Crippen LogP contribution in [-0.2, 0) is 10.2 Å². The van der Waals surface area contributed by atoms with E-state index >= 15 is 0 Å². The number of likely N-dealkylation sites (tertiary alicyclic amines) is 1. The molecule has 0 saturated carbocycles. The highest BCUT2D eigenvalue weighted by Crippen LogP contribution is 2.43. The molecule has 0 aromatic heterocycles. The molecule has 0 bridgehead atoms. The molecule has 3 rings (SSSR count). The number of hydrogen-bond donors (Lipinski definition) is 2. The fourth-order valence-corrected chi connectivity index (χ4v) is 2.95. The number of anilines is 1. The van der Waals surface area contributed by atoms with Gasteiger partial charge in [0.2, 0.25) is 6.41 Å². The Hall–Kier alpha value is -0.820. The second kappa shape index (κ2) is 10.0. The van der Waals surface area contributed by atoms with Crippen molar-refractivity contribution in [1.29, 1.82) is 0 Å². The summed E-state index contributed by atoms with van der Waals surface area (Å²) in [6, 6.07) is 8.81. The largest absolute Gasteiger partial charge is 0.384 e. The van der Waals surface area contributed by atoms with Gasteiger partial charge in [-0.15, -0.1) is 0 Å². The van der Waals surface area contributed by atoms with Crippen LogP contribution in [0.15, 0.2) is 24.3 Å². The van der Waals surface area contributed by atoms with E-state index in [-0.39, 0.29) is 0 Å². The Balaban J connectivity index is 0.000000297. The molecule has 1 spiro atoms. The number of nitrogens with one attached hydrogen (secondary N) is 2. The van der Waals surface area contributed by atoms with Gasteiger partial charge in [-0.05, 0) is 44.6 Å². The minimum Gasteiger partial charge on any atom is -0.384 e. The lowest BCUT2D eigenvalue weighted by molar-refractivity contribution is -0.107. The number of para-hydroxylation sites is 1. The third-order valence-corrected chi connectivity index (χ3v) is 4.36. The fraction of sp³-hybridized carbons (Fsp3) is 0.588. The maximum atomic E-state index is 9.06. The summed E-state index contributed by atoms with van der Waals surface area (Å²) >= 11 is 1.73. The van der Waals surface area contributed by atoms with Gasteiger partial charge in [0, 0.05) is 17.6 Å². The van der Waals surface area contributed by atoms with E-state index in [9.17, 15) is 0 Å². The zero-order valence-corrected chi connectivity index (χ0v) is 16.0. The molecule has 2 heterocycles. The summed E-state index contributed by atoms with van der Waals surface area (Å²) in [5.41, 5.74) is 3.35. The van der Waals surface area contributed by atoms with Crippen molar-refractivity contribution >= 4 is 35.0 Å². The highest BCUT2D eigenvalue weighted by molar-refractivity contribution is 14.1. The summed E-state index contributed by atoms with van der Waals surface area (Å²) in [6.45, 7) is 7.85. The van der Waals surface area contributed by atoms with Gasteiger partial charge in [-0.25, -0.2) is 0 Å². The van der Waals surface area contributed by atoms with Gasteiger partial charge in [0.25, 0.3) is 0 Å². The molecule has 124 valence electrons. The zero-order chi connectivity index (χ0) is 16.4. The van der Waals surface area contributed by atoms with Crippen molar-refractivity contribution < 1.29 is 4.79 Å². The standard InChI is InChI=1S/C13H18N2.C3H8.CH2INO/c1-15-8-6-13(7-9-15)10-14-12-5-3-2-4-11(12)13;1-3-2;2-3-1-4/h2-5,14H,6-10H2,1H3;3H2,1-2H3;1H,(H,3,4). The number of fused-ring (bicyclic) bond motifs is 2. The van der Waals surface area contributed by atoms with E-state index in [4.69, 9.17) is 4.79 Å². The van der Waals surface area contributed by atoms with Crippen LogP contribution in [0.1, 0.15) is 38.7 Å². The molecule has 0 aliphatic carbocycles. The summed E-state index contributed by atoms with van der Waals surface area (Å²) in [7, 11) is 2.22. The van der Waals surface area contributed by atoms with Crippen LogP contribution in [0.2, 0.25) is 0 Å². The molecule has 22 heavy (non-hydrogen) atoms. The molecule has 1 amide bonds. The summed E-state index contributed by atoms with van der Waals surface area (Å²) in [5.74, 6) is 0. The van der Waals surface area contributed by atoms with Crippen LogP contribution in [0.4, 0.5) is 5.69 Å². The summed E-state index contributed by atoms with van der Waals surface area (Å²) in [6.07, 6.45) is 4.46. The Labute approximate surface area is 148 Å². The van der Waals surface area contributed by atoms with Crippen LogP contribution in [0.5, 0.6) is 0 Å². The van der Waals surface area contributed by atoms with Gasteiger partial charge < -0.3 is 13.7 Å². The van der Waals surface area contributed by atoms with Gasteiger partial charge in [-0.3, -0.25) is 4.79 Å². The Morgan fingerprint density at radius 2 is 1.86 bits per heavy atom. The minimum atomic E-state index is 0.434. The molecule has 4 nitrogen and oxygen atoms in total. The van der Waals surface area contributed by atoms with Crippen LogP contribution >= 0.6 is 22.9 Å². The van der Waals surface area contributed by atoms with Gasteiger partial charge in [-0.1, -0.05) is 38.5 Å². The van der Waals surface area contributed by atoms with E-state index in [0.717, 1.165) is 6.54 Å². The number of carbonyl (C=O) groups excluding carboxylic acids is 1. The van der Waals surface area contributed by atoms with E-state index in [1.165, 1.54) is 38.0 Å². The first-order valence-corrected chi connectivity index (χ1v) is 9.03. The Kier molecular flexibility index (Phi) is 8.78. The van der Waals surface area contributed by atoms with Crippen LogP contribution < -0.4 is 8.85 Å². The predicted octanol–water partition coefficient (Wildman–Crippen LogP) is 3.57. The number of amides is 1. The third-order valence-electron chi connectivity index (χ3n) is 4.10. The second-order valence-corrected chi connectivity index (χ2v) is 6.54. The monoisotopic (exact) mass is 417 g/mol. The smallest absolute Gasteiger partial charge is 0.215 e.